The molecule has 2 nitrogen and oxygen atoms in total. The molecule has 1 fully saturated rings. The standard InChI is InChI=1S/C9H18O2/c1-7(2)9(6-10)5-3-4-8(9)11/h7-8,10-11H,3-6H2,1-2H3. The van der Waals surface area contributed by atoms with Crippen molar-refractivity contribution in [3.8, 4) is 0 Å². The van der Waals surface area contributed by atoms with Crippen molar-refractivity contribution >= 4 is 0 Å². The van der Waals surface area contributed by atoms with Crippen LogP contribution in [-0.2, 0) is 0 Å². The van der Waals surface area contributed by atoms with Crippen molar-refractivity contribution in [3.05, 3.63) is 0 Å². The fraction of sp³-hybridized carbons (Fsp3) is 1.00. The quantitative estimate of drug-likeness (QED) is 0.633. The third kappa shape index (κ3) is 1.30. The van der Waals surface area contributed by atoms with Gasteiger partial charge in [0.2, 0.25) is 0 Å². The normalized spacial score (nSPS) is 38.5. The van der Waals surface area contributed by atoms with Gasteiger partial charge in [-0.3, -0.25) is 0 Å². The average Bonchev–Trinajstić information content (AvgIpc) is 2.32. The monoisotopic (exact) mass is 158 g/mol. The molecule has 0 spiro atoms. The van der Waals surface area contributed by atoms with Crippen molar-refractivity contribution in [1.29, 1.82) is 0 Å². The van der Waals surface area contributed by atoms with E-state index in [0.717, 1.165) is 19.3 Å². The van der Waals surface area contributed by atoms with Gasteiger partial charge >= 0.3 is 0 Å². The Morgan fingerprint density at radius 3 is 2.36 bits per heavy atom. The average molecular weight is 158 g/mol. The van der Waals surface area contributed by atoms with E-state index in [1.54, 1.807) is 0 Å². The second-order valence-corrected chi connectivity index (χ2v) is 3.95. The lowest BCUT2D eigenvalue weighted by Gasteiger charge is -2.34. The fourth-order valence-electron chi connectivity index (χ4n) is 2.12. The van der Waals surface area contributed by atoms with Gasteiger partial charge in [0.25, 0.3) is 0 Å². The van der Waals surface area contributed by atoms with Crippen LogP contribution in [0.15, 0.2) is 0 Å². The molecule has 1 rings (SSSR count). The lowest BCUT2D eigenvalue weighted by atomic mass is 9.75. The summed E-state index contributed by atoms with van der Waals surface area (Å²) in [5, 5.41) is 18.8. The molecular formula is C9H18O2. The van der Waals surface area contributed by atoms with Crippen molar-refractivity contribution in [2.24, 2.45) is 11.3 Å². The highest BCUT2D eigenvalue weighted by atomic mass is 16.3. The summed E-state index contributed by atoms with van der Waals surface area (Å²) in [5.41, 5.74) is -0.194. The van der Waals surface area contributed by atoms with Crippen LogP contribution in [0.1, 0.15) is 33.1 Å². The molecule has 0 aromatic heterocycles. The number of hydrogen-bond donors (Lipinski definition) is 2. The van der Waals surface area contributed by atoms with Crippen LogP contribution >= 0.6 is 0 Å². The smallest absolute Gasteiger partial charge is 0.0620 e. The predicted octanol–water partition coefficient (Wildman–Crippen LogP) is 1.17. The van der Waals surface area contributed by atoms with Gasteiger partial charge in [-0.25, -0.2) is 0 Å². The van der Waals surface area contributed by atoms with Crippen LogP contribution < -0.4 is 0 Å². The van der Waals surface area contributed by atoms with Crippen molar-refractivity contribution in [1.82, 2.24) is 0 Å². The van der Waals surface area contributed by atoms with E-state index >= 15 is 0 Å². The first-order valence-electron chi connectivity index (χ1n) is 4.42. The van der Waals surface area contributed by atoms with Gasteiger partial charge in [-0.1, -0.05) is 20.3 Å². The summed E-state index contributed by atoms with van der Waals surface area (Å²) >= 11 is 0. The maximum Gasteiger partial charge on any atom is 0.0620 e. The second kappa shape index (κ2) is 3.11. The summed E-state index contributed by atoms with van der Waals surface area (Å²) in [6, 6.07) is 0. The number of aliphatic hydroxyl groups is 2. The van der Waals surface area contributed by atoms with Crippen LogP contribution in [0.25, 0.3) is 0 Å². The van der Waals surface area contributed by atoms with Gasteiger partial charge < -0.3 is 10.2 Å². The first-order chi connectivity index (χ1) is 5.13. The Kier molecular flexibility index (Phi) is 2.55. The molecular weight excluding hydrogens is 140 g/mol. The van der Waals surface area contributed by atoms with Crippen molar-refractivity contribution < 1.29 is 10.2 Å². The Morgan fingerprint density at radius 2 is 2.18 bits per heavy atom. The highest BCUT2D eigenvalue weighted by Gasteiger charge is 2.43. The Labute approximate surface area is 68.2 Å². The van der Waals surface area contributed by atoms with Gasteiger partial charge in [-0.15, -0.1) is 0 Å². The Morgan fingerprint density at radius 1 is 1.55 bits per heavy atom. The molecule has 2 atom stereocenters. The summed E-state index contributed by atoms with van der Waals surface area (Å²) in [4.78, 5) is 0. The highest BCUT2D eigenvalue weighted by molar-refractivity contribution is 4.93. The summed E-state index contributed by atoms with van der Waals surface area (Å²) in [5.74, 6) is 0.380. The highest BCUT2D eigenvalue weighted by Crippen LogP contribution is 2.43. The molecule has 66 valence electrons. The van der Waals surface area contributed by atoms with E-state index in [2.05, 4.69) is 13.8 Å². The van der Waals surface area contributed by atoms with E-state index in [0.29, 0.717) is 5.92 Å². The molecule has 0 saturated heterocycles. The summed E-state index contributed by atoms with van der Waals surface area (Å²) in [6.07, 6.45) is 2.61. The van der Waals surface area contributed by atoms with E-state index in [4.69, 9.17) is 0 Å². The van der Waals surface area contributed by atoms with Crippen LogP contribution in [0.2, 0.25) is 0 Å². The molecule has 0 bridgehead atoms. The molecule has 2 N–H and O–H groups in total. The SMILES string of the molecule is CC(C)C1(CO)CCCC1O. The largest absolute Gasteiger partial charge is 0.396 e. The van der Waals surface area contributed by atoms with Crippen molar-refractivity contribution in [3.63, 3.8) is 0 Å². The van der Waals surface area contributed by atoms with Crippen molar-refractivity contribution in [2.45, 2.75) is 39.2 Å². The maximum absolute atomic E-state index is 9.65. The third-order valence-electron chi connectivity index (χ3n) is 3.23. The number of hydrogen-bond acceptors (Lipinski definition) is 2. The molecule has 0 heterocycles. The topological polar surface area (TPSA) is 40.5 Å². The van der Waals surface area contributed by atoms with Crippen LogP contribution in [0.3, 0.4) is 0 Å². The zero-order valence-electron chi connectivity index (χ0n) is 7.38. The Hall–Kier alpha value is -0.0800. The predicted molar refractivity (Wildman–Crippen MR) is 44.2 cm³/mol. The third-order valence-corrected chi connectivity index (χ3v) is 3.23. The van der Waals surface area contributed by atoms with E-state index in [1.165, 1.54) is 0 Å². The molecule has 2 unspecified atom stereocenters. The summed E-state index contributed by atoms with van der Waals surface area (Å²) in [7, 11) is 0. The fourth-order valence-corrected chi connectivity index (χ4v) is 2.12. The maximum atomic E-state index is 9.65. The van der Waals surface area contributed by atoms with Crippen LogP contribution in [-0.4, -0.2) is 22.9 Å². The van der Waals surface area contributed by atoms with Crippen molar-refractivity contribution in [2.75, 3.05) is 6.61 Å². The summed E-state index contributed by atoms with van der Waals surface area (Å²) < 4.78 is 0. The number of aliphatic hydroxyl groups excluding tert-OH is 2. The minimum atomic E-state index is -0.285. The van der Waals surface area contributed by atoms with Gasteiger partial charge in [0.05, 0.1) is 12.7 Å². The molecule has 1 aliphatic rings. The molecule has 1 aliphatic carbocycles. The van der Waals surface area contributed by atoms with Gasteiger partial charge in [-0.2, -0.15) is 0 Å². The lowest BCUT2D eigenvalue weighted by molar-refractivity contribution is -0.0262. The minimum Gasteiger partial charge on any atom is -0.396 e. The lowest BCUT2D eigenvalue weighted by Crippen LogP contribution is -2.38. The first kappa shape index (κ1) is 9.01. The van der Waals surface area contributed by atoms with Gasteiger partial charge in [0.1, 0.15) is 0 Å². The van der Waals surface area contributed by atoms with Crippen LogP contribution in [0, 0.1) is 11.3 Å². The first-order valence-corrected chi connectivity index (χ1v) is 4.42. The van der Waals surface area contributed by atoms with Crippen LogP contribution in [0.5, 0.6) is 0 Å². The van der Waals surface area contributed by atoms with Gasteiger partial charge in [0.15, 0.2) is 0 Å². The van der Waals surface area contributed by atoms with Crippen LogP contribution in [0.4, 0.5) is 0 Å². The zero-order valence-corrected chi connectivity index (χ0v) is 7.38. The van der Waals surface area contributed by atoms with Gasteiger partial charge in [-0.05, 0) is 18.8 Å². The van der Waals surface area contributed by atoms with E-state index < -0.39 is 0 Å². The summed E-state index contributed by atoms with van der Waals surface area (Å²) in [6.45, 7) is 4.28. The second-order valence-electron chi connectivity index (χ2n) is 3.95. The molecule has 0 aromatic rings. The molecule has 2 heteroatoms. The Balaban J connectivity index is 2.73. The minimum absolute atomic E-state index is 0.131. The van der Waals surface area contributed by atoms with Gasteiger partial charge in [0, 0.05) is 5.41 Å². The van der Waals surface area contributed by atoms with E-state index in [1.807, 2.05) is 0 Å². The van der Waals surface area contributed by atoms with E-state index in [-0.39, 0.29) is 18.1 Å². The molecule has 1 saturated carbocycles. The zero-order chi connectivity index (χ0) is 8.48. The van der Waals surface area contributed by atoms with E-state index in [9.17, 15) is 10.2 Å². The Bertz CT molecular complexity index is 134. The molecule has 11 heavy (non-hydrogen) atoms. The molecule has 0 amide bonds. The molecule has 0 aromatic carbocycles. The molecule has 0 radical (unpaired) electrons. The number of rotatable bonds is 2. The molecule has 0 aliphatic heterocycles.